The van der Waals surface area contributed by atoms with Crippen molar-refractivity contribution in [3.05, 3.63) is 18.2 Å². The summed E-state index contributed by atoms with van der Waals surface area (Å²) in [5.74, 6) is -0.133. The SMILES string of the molecule is CC(CO)N(C)C(=O)c1cncn1C. The minimum absolute atomic E-state index is 0.0416. The van der Waals surface area contributed by atoms with Gasteiger partial charge in [0.05, 0.1) is 25.2 Å². The summed E-state index contributed by atoms with van der Waals surface area (Å²) in [6.45, 7) is 1.74. The summed E-state index contributed by atoms with van der Waals surface area (Å²) in [6, 6.07) is -0.183. The Kier molecular flexibility index (Phi) is 3.24. The second-order valence-electron chi connectivity index (χ2n) is 3.34. The van der Waals surface area contributed by atoms with E-state index in [1.165, 1.54) is 11.1 Å². The molecule has 0 aliphatic rings. The largest absolute Gasteiger partial charge is 0.394 e. The number of imidazole rings is 1. The smallest absolute Gasteiger partial charge is 0.272 e. The van der Waals surface area contributed by atoms with Crippen LogP contribution in [0.3, 0.4) is 0 Å². The molecule has 0 fully saturated rings. The number of nitrogens with zero attached hydrogens (tertiary/aromatic N) is 3. The lowest BCUT2D eigenvalue weighted by molar-refractivity contribution is 0.0672. The predicted molar refractivity (Wildman–Crippen MR) is 51.8 cm³/mol. The molecule has 1 aromatic rings. The summed E-state index contributed by atoms with van der Waals surface area (Å²) in [4.78, 5) is 17.1. The molecule has 0 bridgehead atoms. The third-order valence-electron chi connectivity index (χ3n) is 2.28. The van der Waals surface area contributed by atoms with Crippen molar-refractivity contribution in [1.82, 2.24) is 14.5 Å². The Morgan fingerprint density at radius 2 is 2.43 bits per heavy atom. The Morgan fingerprint density at radius 1 is 1.79 bits per heavy atom. The van der Waals surface area contributed by atoms with Crippen LogP contribution < -0.4 is 0 Å². The topological polar surface area (TPSA) is 58.4 Å². The summed E-state index contributed by atoms with van der Waals surface area (Å²) in [5, 5.41) is 8.90. The molecule has 1 amide bonds. The Morgan fingerprint density at radius 3 is 2.86 bits per heavy atom. The number of aromatic nitrogens is 2. The fourth-order valence-electron chi connectivity index (χ4n) is 1.07. The third kappa shape index (κ3) is 1.93. The van der Waals surface area contributed by atoms with Crippen molar-refractivity contribution in [2.45, 2.75) is 13.0 Å². The maximum atomic E-state index is 11.8. The van der Waals surface area contributed by atoms with E-state index in [0.717, 1.165) is 0 Å². The van der Waals surface area contributed by atoms with E-state index in [4.69, 9.17) is 5.11 Å². The number of aliphatic hydroxyl groups is 1. The van der Waals surface area contributed by atoms with Crippen LogP contribution in [0.4, 0.5) is 0 Å². The number of carbonyl (C=O) groups excluding carboxylic acids is 1. The zero-order valence-electron chi connectivity index (χ0n) is 8.64. The fraction of sp³-hybridized carbons (Fsp3) is 0.556. The van der Waals surface area contributed by atoms with Crippen molar-refractivity contribution in [2.24, 2.45) is 7.05 Å². The van der Waals surface area contributed by atoms with Crippen molar-refractivity contribution in [3.8, 4) is 0 Å². The van der Waals surface area contributed by atoms with Gasteiger partial charge < -0.3 is 14.6 Å². The molecular weight excluding hydrogens is 182 g/mol. The summed E-state index contributed by atoms with van der Waals surface area (Å²) in [6.07, 6.45) is 3.09. The highest BCUT2D eigenvalue weighted by Crippen LogP contribution is 2.04. The average Bonchev–Trinajstić information content (AvgIpc) is 2.61. The molecule has 0 saturated carbocycles. The van der Waals surface area contributed by atoms with Gasteiger partial charge in [-0.15, -0.1) is 0 Å². The van der Waals surface area contributed by atoms with Gasteiger partial charge in [0.25, 0.3) is 5.91 Å². The van der Waals surface area contributed by atoms with Crippen molar-refractivity contribution < 1.29 is 9.90 Å². The molecule has 78 valence electrons. The number of carbonyl (C=O) groups is 1. The molecule has 0 spiro atoms. The number of hydrogen-bond acceptors (Lipinski definition) is 3. The van der Waals surface area contributed by atoms with Crippen molar-refractivity contribution in [1.29, 1.82) is 0 Å². The Hall–Kier alpha value is -1.36. The highest BCUT2D eigenvalue weighted by Gasteiger charge is 2.18. The summed E-state index contributed by atoms with van der Waals surface area (Å²) >= 11 is 0. The van der Waals surface area contributed by atoms with E-state index in [9.17, 15) is 4.79 Å². The van der Waals surface area contributed by atoms with Gasteiger partial charge in [-0.3, -0.25) is 4.79 Å². The number of aryl methyl sites for hydroxylation is 1. The molecule has 0 aromatic carbocycles. The van der Waals surface area contributed by atoms with Crippen LogP contribution in [0.25, 0.3) is 0 Å². The van der Waals surface area contributed by atoms with Crippen molar-refractivity contribution >= 4 is 5.91 Å². The highest BCUT2D eigenvalue weighted by atomic mass is 16.3. The monoisotopic (exact) mass is 197 g/mol. The van der Waals surface area contributed by atoms with Gasteiger partial charge in [0.2, 0.25) is 0 Å². The number of hydrogen-bond donors (Lipinski definition) is 1. The third-order valence-corrected chi connectivity index (χ3v) is 2.28. The first-order valence-electron chi connectivity index (χ1n) is 4.42. The van der Waals surface area contributed by atoms with Crippen LogP contribution >= 0.6 is 0 Å². The van der Waals surface area contributed by atoms with Gasteiger partial charge in [0.15, 0.2) is 0 Å². The number of rotatable bonds is 3. The van der Waals surface area contributed by atoms with E-state index < -0.39 is 0 Å². The highest BCUT2D eigenvalue weighted by molar-refractivity contribution is 5.92. The van der Waals surface area contributed by atoms with Crippen LogP contribution in [-0.4, -0.2) is 45.2 Å². The molecule has 1 N–H and O–H groups in total. The van der Waals surface area contributed by atoms with Crippen molar-refractivity contribution in [3.63, 3.8) is 0 Å². The Labute approximate surface area is 83.0 Å². The van der Waals surface area contributed by atoms with Gasteiger partial charge in [0.1, 0.15) is 5.69 Å². The van der Waals surface area contributed by atoms with Gasteiger partial charge in [-0.25, -0.2) is 4.98 Å². The van der Waals surface area contributed by atoms with Gasteiger partial charge in [-0.05, 0) is 6.92 Å². The Bertz CT molecular complexity index is 322. The van der Waals surface area contributed by atoms with E-state index in [1.54, 1.807) is 31.9 Å². The maximum Gasteiger partial charge on any atom is 0.272 e. The predicted octanol–water partition coefficient (Wildman–Crippen LogP) is -0.127. The summed E-state index contributed by atoms with van der Waals surface area (Å²) in [7, 11) is 3.42. The normalized spacial score (nSPS) is 12.6. The first-order chi connectivity index (χ1) is 6.57. The van der Waals surface area contributed by atoms with Crippen LogP contribution in [0.2, 0.25) is 0 Å². The minimum Gasteiger partial charge on any atom is -0.394 e. The average molecular weight is 197 g/mol. The lowest BCUT2D eigenvalue weighted by atomic mass is 10.3. The zero-order valence-corrected chi connectivity index (χ0v) is 8.64. The van der Waals surface area contributed by atoms with Crippen LogP contribution in [0, 0.1) is 0 Å². The molecule has 0 radical (unpaired) electrons. The molecular formula is C9H15N3O2. The van der Waals surface area contributed by atoms with Crippen LogP contribution in [0.15, 0.2) is 12.5 Å². The zero-order chi connectivity index (χ0) is 10.7. The molecule has 0 aliphatic carbocycles. The molecule has 0 aliphatic heterocycles. The minimum atomic E-state index is -0.183. The molecule has 5 heteroatoms. The molecule has 1 unspecified atom stereocenters. The van der Waals surface area contributed by atoms with E-state index in [2.05, 4.69) is 4.98 Å². The quantitative estimate of drug-likeness (QED) is 0.734. The Balaban J connectivity index is 2.81. The molecule has 1 atom stereocenters. The van der Waals surface area contributed by atoms with Crippen LogP contribution in [0.5, 0.6) is 0 Å². The lowest BCUT2D eigenvalue weighted by Crippen LogP contribution is -2.38. The van der Waals surface area contributed by atoms with Crippen LogP contribution in [-0.2, 0) is 7.05 Å². The van der Waals surface area contributed by atoms with E-state index in [-0.39, 0.29) is 18.6 Å². The van der Waals surface area contributed by atoms with E-state index >= 15 is 0 Å². The maximum absolute atomic E-state index is 11.8. The summed E-state index contributed by atoms with van der Waals surface area (Å²) in [5.41, 5.74) is 0.521. The second kappa shape index (κ2) is 4.23. The molecule has 1 heterocycles. The molecule has 14 heavy (non-hydrogen) atoms. The first-order valence-corrected chi connectivity index (χ1v) is 4.42. The van der Waals surface area contributed by atoms with Gasteiger partial charge in [0, 0.05) is 14.1 Å². The first kappa shape index (κ1) is 10.7. The molecule has 0 saturated heterocycles. The van der Waals surface area contributed by atoms with E-state index in [0.29, 0.717) is 5.69 Å². The van der Waals surface area contributed by atoms with Gasteiger partial charge in [-0.1, -0.05) is 0 Å². The lowest BCUT2D eigenvalue weighted by Gasteiger charge is -2.22. The fourth-order valence-corrected chi connectivity index (χ4v) is 1.07. The number of likely N-dealkylation sites (N-methyl/N-ethyl adjacent to an activating group) is 1. The van der Waals surface area contributed by atoms with Crippen LogP contribution in [0.1, 0.15) is 17.4 Å². The van der Waals surface area contributed by atoms with Gasteiger partial charge in [-0.2, -0.15) is 0 Å². The van der Waals surface area contributed by atoms with Gasteiger partial charge >= 0.3 is 0 Å². The number of amides is 1. The number of aliphatic hydroxyl groups excluding tert-OH is 1. The van der Waals surface area contributed by atoms with Crippen molar-refractivity contribution in [2.75, 3.05) is 13.7 Å². The molecule has 1 aromatic heterocycles. The summed E-state index contributed by atoms with van der Waals surface area (Å²) < 4.78 is 1.66. The van der Waals surface area contributed by atoms with E-state index in [1.807, 2.05) is 0 Å². The standard InChI is InChI=1S/C9H15N3O2/c1-7(5-13)12(3)9(14)8-4-10-6-11(8)2/h4,6-7,13H,5H2,1-3H3. The molecule has 1 rings (SSSR count). The second-order valence-corrected chi connectivity index (χ2v) is 3.34. The molecule has 5 nitrogen and oxygen atoms in total.